The van der Waals surface area contributed by atoms with Crippen molar-refractivity contribution in [2.75, 3.05) is 17.2 Å². The molecule has 0 aliphatic carbocycles. The van der Waals surface area contributed by atoms with E-state index in [9.17, 15) is 14.0 Å². The van der Waals surface area contributed by atoms with Gasteiger partial charge in [0.2, 0.25) is 0 Å². The van der Waals surface area contributed by atoms with Gasteiger partial charge in [-0.25, -0.2) is 4.39 Å². The van der Waals surface area contributed by atoms with Gasteiger partial charge in [-0.15, -0.1) is 0 Å². The lowest BCUT2D eigenvalue weighted by Crippen LogP contribution is -2.30. The Bertz CT molecular complexity index is 1080. The van der Waals surface area contributed by atoms with Crippen molar-refractivity contribution in [3.8, 4) is 5.75 Å². The summed E-state index contributed by atoms with van der Waals surface area (Å²) in [4.78, 5) is 23.3. The van der Waals surface area contributed by atoms with Gasteiger partial charge in [0.15, 0.2) is 5.11 Å². The van der Waals surface area contributed by atoms with Crippen LogP contribution in [-0.2, 0) is 11.2 Å². The summed E-state index contributed by atoms with van der Waals surface area (Å²) in [5.41, 5.74) is 2.85. The Hall–Kier alpha value is -3.78. The lowest BCUT2D eigenvalue weighted by atomic mass is 10.1. The summed E-state index contributed by atoms with van der Waals surface area (Å²) in [5.74, 6) is -0.570. The van der Waals surface area contributed by atoms with E-state index in [1.54, 1.807) is 60.7 Å². The van der Waals surface area contributed by atoms with Gasteiger partial charge in [0.05, 0.1) is 0 Å². The largest absolute Gasteiger partial charge is 0.427 e. The number of ether oxygens (including phenoxy) is 1. The Labute approximate surface area is 190 Å². The molecule has 0 saturated carbocycles. The zero-order valence-corrected chi connectivity index (χ0v) is 18.2. The average molecular weight is 452 g/mol. The second-order valence-corrected chi connectivity index (χ2v) is 7.32. The second kappa shape index (κ2) is 11.0. The van der Waals surface area contributed by atoms with Crippen LogP contribution < -0.4 is 20.7 Å². The third kappa shape index (κ3) is 7.17. The summed E-state index contributed by atoms with van der Waals surface area (Å²) in [5, 5.41) is 9.46. The number of amides is 1. The standard InChI is InChI=1S/C24H22FN3O3S/c1-16(29)31-22-12-4-18(5-13-22)23(30)27-20-8-10-21(11-9-20)28-24(32)26-15-14-17-2-6-19(25)7-3-17/h2-13H,14-15H2,1H3,(H,27,30)(H2,26,28,32). The number of hydrogen-bond acceptors (Lipinski definition) is 4. The summed E-state index contributed by atoms with van der Waals surface area (Å²) in [6, 6.07) is 19.8. The van der Waals surface area contributed by atoms with E-state index in [1.807, 2.05) is 0 Å². The van der Waals surface area contributed by atoms with Crippen molar-refractivity contribution < 1.29 is 18.7 Å². The van der Waals surface area contributed by atoms with Crippen LogP contribution in [0.2, 0.25) is 0 Å². The van der Waals surface area contributed by atoms with Gasteiger partial charge in [-0.05, 0) is 84.9 Å². The lowest BCUT2D eigenvalue weighted by molar-refractivity contribution is -0.131. The molecular formula is C24H22FN3O3S. The van der Waals surface area contributed by atoms with E-state index < -0.39 is 5.97 Å². The van der Waals surface area contributed by atoms with Crippen LogP contribution in [0.15, 0.2) is 72.8 Å². The van der Waals surface area contributed by atoms with Crippen molar-refractivity contribution in [2.24, 2.45) is 0 Å². The number of esters is 1. The maximum Gasteiger partial charge on any atom is 0.308 e. The monoisotopic (exact) mass is 451 g/mol. The minimum Gasteiger partial charge on any atom is -0.427 e. The van der Waals surface area contributed by atoms with E-state index in [2.05, 4.69) is 16.0 Å². The number of rotatable bonds is 7. The Morgan fingerprint density at radius 3 is 2.06 bits per heavy atom. The van der Waals surface area contributed by atoms with Gasteiger partial charge in [0.25, 0.3) is 5.91 Å². The Morgan fingerprint density at radius 1 is 0.875 bits per heavy atom. The van der Waals surface area contributed by atoms with Crippen LogP contribution in [0.5, 0.6) is 5.75 Å². The SMILES string of the molecule is CC(=O)Oc1ccc(C(=O)Nc2ccc(NC(=S)NCCc3ccc(F)cc3)cc2)cc1. The Morgan fingerprint density at radius 2 is 1.47 bits per heavy atom. The lowest BCUT2D eigenvalue weighted by Gasteiger charge is -2.11. The van der Waals surface area contributed by atoms with Crippen LogP contribution in [0.4, 0.5) is 15.8 Å². The number of carbonyl (C=O) groups is 2. The number of benzene rings is 3. The molecule has 0 bridgehead atoms. The molecule has 0 aliphatic rings. The first-order valence-electron chi connectivity index (χ1n) is 9.88. The number of carbonyl (C=O) groups excluding carboxylic acids is 2. The first-order chi connectivity index (χ1) is 15.4. The van der Waals surface area contributed by atoms with Crippen LogP contribution in [0.3, 0.4) is 0 Å². The van der Waals surface area contributed by atoms with E-state index in [4.69, 9.17) is 17.0 Å². The third-order valence-electron chi connectivity index (χ3n) is 4.39. The van der Waals surface area contributed by atoms with Gasteiger partial charge in [-0.1, -0.05) is 12.1 Å². The van der Waals surface area contributed by atoms with Crippen molar-refractivity contribution >= 4 is 40.6 Å². The average Bonchev–Trinajstić information content (AvgIpc) is 2.76. The number of hydrogen-bond donors (Lipinski definition) is 3. The van der Waals surface area contributed by atoms with Crippen molar-refractivity contribution in [1.29, 1.82) is 0 Å². The molecule has 0 aliphatic heterocycles. The van der Waals surface area contributed by atoms with Gasteiger partial charge in [-0.2, -0.15) is 0 Å². The Balaban J connectivity index is 1.45. The Kier molecular flexibility index (Phi) is 7.88. The molecule has 0 unspecified atom stereocenters. The molecule has 0 fully saturated rings. The molecule has 164 valence electrons. The summed E-state index contributed by atoms with van der Waals surface area (Å²) in [7, 11) is 0. The highest BCUT2D eigenvalue weighted by atomic mass is 32.1. The van der Waals surface area contributed by atoms with Crippen molar-refractivity contribution in [1.82, 2.24) is 5.32 Å². The van der Waals surface area contributed by atoms with Gasteiger partial charge in [0.1, 0.15) is 11.6 Å². The highest BCUT2D eigenvalue weighted by molar-refractivity contribution is 7.80. The van der Waals surface area contributed by atoms with Crippen molar-refractivity contribution in [2.45, 2.75) is 13.3 Å². The van der Waals surface area contributed by atoms with Gasteiger partial charge in [0, 0.05) is 30.4 Å². The molecule has 8 heteroatoms. The maximum absolute atomic E-state index is 12.9. The van der Waals surface area contributed by atoms with E-state index >= 15 is 0 Å². The fourth-order valence-corrected chi connectivity index (χ4v) is 3.05. The first-order valence-corrected chi connectivity index (χ1v) is 10.3. The van der Waals surface area contributed by atoms with Crippen LogP contribution in [0, 0.1) is 5.82 Å². The summed E-state index contributed by atoms with van der Waals surface area (Å²) >= 11 is 5.29. The van der Waals surface area contributed by atoms with Crippen LogP contribution in [0.1, 0.15) is 22.8 Å². The number of halogens is 1. The van der Waals surface area contributed by atoms with E-state index in [0.29, 0.717) is 28.7 Å². The quantitative estimate of drug-likeness (QED) is 0.278. The predicted molar refractivity (Wildman–Crippen MR) is 126 cm³/mol. The molecule has 0 atom stereocenters. The molecular weight excluding hydrogens is 429 g/mol. The van der Waals surface area contributed by atoms with E-state index in [-0.39, 0.29) is 11.7 Å². The normalized spacial score (nSPS) is 10.2. The first kappa shape index (κ1) is 22.9. The molecule has 3 N–H and O–H groups in total. The van der Waals surface area contributed by atoms with Gasteiger partial charge >= 0.3 is 5.97 Å². The minimum absolute atomic E-state index is 0.254. The second-order valence-electron chi connectivity index (χ2n) is 6.91. The van der Waals surface area contributed by atoms with Crippen molar-refractivity contribution in [3.63, 3.8) is 0 Å². The predicted octanol–water partition coefficient (Wildman–Crippen LogP) is 4.53. The van der Waals surface area contributed by atoms with Crippen molar-refractivity contribution in [3.05, 3.63) is 89.7 Å². The third-order valence-corrected chi connectivity index (χ3v) is 4.64. The highest BCUT2D eigenvalue weighted by Crippen LogP contribution is 2.17. The zero-order valence-electron chi connectivity index (χ0n) is 17.4. The smallest absolute Gasteiger partial charge is 0.308 e. The molecule has 0 heterocycles. The summed E-state index contributed by atoms with van der Waals surface area (Å²) in [6.07, 6.45) is 0.717. The van der Waals surface area contributed by atoms with E-state index in [0.717, 1.165) is 17.7 Å². The molecule has 6 nitrogen and oxygen atoms in total. The molecule has 0 radical (unpaired) electrons. The minimum atomic E-state index is -0.418. The summed E-state index contributed by atoms with van der Waals surface area (Å²) in [6.45, 7) is 1.93. The van der Waals surface area contributed by atoms with Crippen LogP contribution >= 0.6 is 12.2 Å². The number of nitrogens with one attached hydrogen (secondary N) is 3. The number of thiocarbonyl (C=S) groups is 1. The summed E-state index contributed by atoms with van der Waals surface area (Å²) < 4.78 is 17.9. The molecule has 3 rings (SSSR count). The maximum atomic E-state index is 12.9. The molecule has 32 heavy (non-hydrogen) atoms. The van der Waals surface area contributed by atoms with Crippen LogP contribution in [-0.4, -0.2) is 23.5 Å². The van der Waals surface area contributed by atoms with Crippen LogP contribution in [0.25, 0.3) is 0 Å². The fourth-order valence-electron chi connectivity index (χ4n) is 2.83. The van der Waals surface area contributed by atoms with Gasteiger partial charge < -0.3 is 20.7 Å². The fraction of sp³-hybridized carbons (Fsp3) is 0.125. The molecule has 1 amide bonds. The molecule has 0 spiro atoms. The highest BCUT2D eigenvalue weighted by Gasteiger charge is 2.07. The molecule has 0 saturated heterocycles. The molecule has 0 aromatic heterocycles. The zero-order chi connectivity index (χ0) is 22.9. The van der Waals surface area contributed by atoms with Gasteiger partial charge in [-0.3, -0.25) is 9.59 Å². The molecule has 3 aromatic carbocycles. The number of anilines is 2. The van der Waals surface area contributed by atoms with E-state index in [1.165, 1.54) is 19.1 Å². The topological polar surface area (TPSA) is 79.5 Å². The molecule has 3 aromatic rings.